The minimum absolute atomic E-state index is 0.470. The van der Waals surface area contributed by atoms with E-state index in [1.807, 2.05) is 24.4 Å². The van der Waals surface area contributed by atoms with E-state index in [1.54, 1.807) is 13.3 Å². The predicted octanol–water partition coefficient (Wildman–Crippen LogP) is 5.56. The van der Waals surface area contributed by atoms with Crippen LogP contribution in [0.25, 0.3) is 22.2 Å². The van der Waals surface area contributed by atoms with Crippen molar-refractivity contribution in [3.8, 4) is 17.0 Å². The number of likely N-dealkylation sites (N-methyl/N-ethyl adjacent to an activating group) is 1. The van der Waals surface area contributed by atoms with Gasteiger partial charge in [-0.05, 0) is 44.5 Å². The highest BCUT2D eigenvalue weighted by Crippen LogP contribution is 2.37. The van der Waals surface area contributed by atoms with Crippen molar-refractivity contribution in [1.82, 2.24) is 24.8 Å². The van der Waals surface area contributed by atoms with Gasteiger partial charge < -0.3 is 24.8 Å². The zero-order valence-electron chi connectivity index (χ0n) is 22.9. The molecule has 39 heavy (non-hydrogen) atoms. The van der Waals surface area contributed by atoms with Crippen LogP contribution >= 0.6 is 11.6 Å². The molecule has 0 bridgehead atoms. The van der Waals surface area contributed by atoms with Crippen LogP contribution < -0.4 is 15.0 Å². The van der Waals surface area contributed by atoms with Crippen molar-refractivity contribution in [3.63, 3.8) is 0 Å². The van der Waals surface area contributed by atoms with Crippen molar-refractivity contribution in [3.05, 3.63) is 59.4 Å². The molecule has 0 radical (unpaired) electrons. The van der Waals surface area contributed by atoms with Crippen LogP contribution in [0.3, 0.4) is 0 Å². The fourth-order valence-corrected chi connectivity index (χ4v) is 6.14. The van der Waals surface area contributed by atoms with E-state index >= 15 is 0 Å². The molecule has 2 aromatic heterocycles. The molecule has 0 atom stereocenters. The highest BCUT2D eigenvalue weighted by molar-refractivity contribution is 6.33. The lowest BCUT2D eigenvalue weighted by Crippen LogP contribution is -2.52. The SMILES string of the molecule is COc1cc(N2CCC(N3CCN(C)CC3)CC2)c(C)cc1Nc1ncc(Cl)c(-c2c[nH]c3ccccc23)n1. The van der Waals surface area contributed by atoms with Gasteiger partial charge >= 0.3 is 0 Å². The Labute approximate surface area is 234 Å². The standard InChI is InChI=1S/C30H36ClN7O/c1-20-16-26(34-30-33-19-24(31)29(35-30)23-18-32-25-7-5-4-6-22(23)25)28(39-3)17-27(20)38-10-8-21(9-11-38)37-14-12-36(2)13-15-37/h4-7,16-19,21,32H,8-15H2,1-3H3,(H,33,34,35). The Morgan fingerprint density at radius 2 is 1.82 bits per heavy atom. The van der Waals surface area contributed by atoms with E-state index in [2.05, 4.69) is 62.2 Å². The number of benzene rings is 2. The van der Waals surface area contributed by atoms with Crippen LogP contribution in [0, 0.1) is 6.92 Å². The summed E-state index contributed by atoms with van der Waals surface area (Å²) in [6, 6.07) is 13.1. The van der Waals surface area contributed by atoms with Crippen LogP contribution in [0.2, 0.25) is 5.02 Å². The van der Waals surface area contributed by atoms with Gasteiger partial charge in [0.1, 0.15) is 5.75 Å². The number of aromatic nitrogens is 3. The molecule has 6 rings (SSSR count). The van der Waals surface area contributed by atoms with E-state index in [1.165, 1.54) is 50.3 Å². The minimum atomic E-state index is 0.470. The average Bonchev–Trinajstić information content (AvgIpc) is 3.39. The van der Waals surface area contributed by atoms with Gasteiger partial charge in [-0.15, -0.1) is 0 Å². The molecule has 2 aromatic carbocycles. The van der Waals surface area contributed by atoms with Crippen molar-refractivity contribution in [2.24, 2.45) is 0 Å². The number of nitrogens with one attached hydrogen (secondary N) is 2. The summed E-state index contributed by atoms with van der Waals surface area (Å²) in [6.45, 7) is 8.99. The van der Waals surface area contributed by atoms with Crippen LogP contribution in [0.4, 0.5) is 17.3 Å². The Balaban J connectivity index is 1.20. The number of hydrogen-bond donors (Lipinski definition) is 2. The number of halogens is 1. The molecular weight excluding hydrogens is 510 g/mol. The van der Waals surface area contributed by atoms with E-state index in [0.29, 0.717) is 22.7 Å². The number of methoxy groups -OCH3 is 1. The number of ether oxygens (including phenoxy) is 1. The maximum atomic E-state index is 6.55. The van der Waals surface area contributed by atoms with Gasteiger partial charge in [-0.1, -0.05) is 29.8 Å². The predicted molar refractivity (Wildman–Crippen MR) is 160 cm³/mol. The van der Waals surface area contributed by atoms with Gasteiger partial charge in [0.15, 0.2) is 0 Å². The second-order valence-electron chi connectivity index (χ2n) is 10.7. The zero-order chi connectivity index (χ0) is 26.9. The first-order chi connectivity index (χ1) is 19.0. The maximum Gasteiger partial charge on any atom is 0.227 e. The normalized spacial score (nSPS) is 17.6. The van der Waals surface area contributed by atoms with Crippen molar-refractivity contribution < 1.29 is 4.74 Å². The fourth-order valence-electron chi connectivity index (χ4n) is 5.95. The van der Waals surface area contributed by atoms with E-state index in [0.717, 1.165) is 41.0 Å². The number of piperazine rings is 1. The van der Waals surface area contributed by atoms with Crippen molar-refractivity contribution in [1.29, 1.82) is 0 Å². The molecule has 4 aromatic rings. The number of hydrogen-bond acceptors (Lipinski definition) is 7. The third-order valence-corrected chi connectivity index (χ3v) is 8.49. The van der Waals surface area contributed by atoms with Crippen molar-refractivity contribution >= 4 is 39.8 Å². The second-order valence-corrected chi connectivity index (χ2v) is 11.1. The molecule has 4 heterocycles. The number of aromatic amines is 1. The summed E-state index contributed by atoms with van der Waals surface area (Å²) in [4.78, 5) is 20.2. The Hall–Kier alpha value is -3.33. The second kappa shape index (κ2) is 11.0. The third-order valence-electron chi connectivity index (χ3n) is 8.21. The Morgan fingerprint density at radius 1 is 1.05 bits per heavy atom. The number of para-hydroxylation sites is 1. The van der Waals surface area contributed by atoms with E-state index in [-0.39, 0.29) is 0 Å². The van der Waals surface area contributed by atoms with Gasteiger partial charge in [0, 0.05) is 79.7 Å². The first-order valence-corrected chi connectivity index (χ1v) is 14.1. The Bertz CT molecular complexity index is 1460. The number of rotatable bonds is 6. The Kier molecular flexibility index (Phi) is 7.34. The van der Waals surface area contributed by atoms with Crippen molar-refractivity contribution in [2.45, 2.75) is 25.8 Å². The van der Waals surface area contributed by atoms with Crippen LogP contribution in [0.5, 0.6) is 5.75 Å². The number of H-pyrrole nitrogens is 1. The average molecular weight is 546 g/mol. The van der Waals surface area contributed by atoms with E-state index < -0.39 is 0 Å². The molecule has 2 saturated heterocycles. The van der Waals surface area contributed by atoms with Gasteiger partial charge in [-0.3, -0.25) is 4.90 Å². The number of fused-ring (bicyclic) bond motifs is 1. The number of anilines is 3. The van der Waals surface area contributed by atoms with Gasteiger partial charge in [-0.25, -0.2) is 9.97 Å². The molecule has 2 aliphatic heterocycles. The molecule has 0 saturated carbocycles. The lowest BCUT2D eigenvalue weighted by Gasteiger charge is -2.43. The highest BCUT2D eigenvalue weighted by atomic mass is 35.5. The molecular formula is C30H36ClN7O. The fraction of sp³-hybridized carbons (Fsp3) is 0.400. The molecule has 0 unspecified atom stereocenters. The first-order valence-electron chi connectivity index (χ1n) is 13.7. The largest absolute Gasteiger partial charge is 0.494 e. The Morgan fingerprint density at radius 3 is 2.59 bits per heavy atom. The molecule has 0 amide bonds. The topological polar surface area (TPSA) is 72.6 Å². The van der Waals surface area contributed by atoms with Gasteiger partial charge in [0.05, 0.1) is 29.7 Å². The van der Waals surface area contributed by atoms with Crippen LogP contribution in [-0.4, -0.2) is 84.2 Å². The summed E-state index contributed by atoms with van der Waals surface area (Å²) in [5, 5.41) is 4.95. The zero-order valence-corrected chi connectivity index (χ0v) is 23.6. The molecule has 9 heteroatoms. The summed E-state index contributed by atoms with van der Waals surface area (Å²) in [5.41, 5.74) is 5.92. The van der Waals surface area contributed by atoms with Crippen LogP contribution in [0.15, 0.2) is 48.8 Å². The number of aryl methyl sites for hydroxylation is 1. The minimum Gasteiger partial charge on any atom is -0.494 e. The van der Waals surface area contributed by atoms with Crippen LogP contribution in [-0.2, 0) is 0 Å². The van der Waals surface area contributed by atoms with E-state index in [9.17, 15) is 0 Å². The summed E-state index contributed by atoms with van der Waals surface area (Å²) >= 11 is 6.55. The lowest BCUT2D eigenvalue weighted by atomic mass is 10.0. The molecule has 2 fully saturated rings. The van der Waals surface area contributed by atoms with Gasteiger partial charge in [-0.2, -0.15) is 0 Å². The summed E-state index contributed by atoms with van der Waals surface area (Å²) in [6.07, 6.45) is 5.97. The monoisotopic (exact) mass is 545 g/mol. The highest BCUT2D eigenvalue weighted by Gasteiger charge is 2.27. The summed E-state index contributed by atoms with van der Waals surface area (Å²) < 4.78 is 5.83. The summed E-state index contributed by atoms with van der Waals surface area (Å²) in [5.74, 6) is 1.24. The van der Waals surface area contributed by atoms with Gasteiger partial charge in [0.25, 0.3) is 0 Å². The van der Waals surface area contributed by atoms with Gasteiger partial charge in [0.2, 0.25) is 5.95 Å². The molecule has 0 aliphatic carbocycles. The molecule has 204 valence electrons. The first kappa shape index (κ1) is 25.9. The molecule has 2 N–H and O–H groups in total. The quantitative estimate of drug-likeness (QED) is 0.329. The molecule has 0 spiro atoms. The number of nitrogens with zero attached hydrogens (tertiary/aromatic N) is 5. The van der Waals surface area contributed by atoms with E-state index in [4.69, 9.17) is 21.3 Å². The van der Waals surface area contributed by atoms with Crippen molar-refractivity contribution in [2.75, 3.05) is 63.6 Å². The number of piperidine rings is 1. The smallest absolute Gasteiger partial charge is 0.227 e. The maximum absolute atomic E-state index is 6.55. The summed E-state index contributed by atoms with van der Waals surface area (Å²) in [7, 11) is 3.93. The third kappa shape index (κ3) is 5.29. The molecule has 2 aliphatic rings. The van der Waals surface area contributed by atoms with Crippen LogP contribution in [0.1, 0.15) is 18.4 Å². The lowest BCUT2D eigenvalue weighted by molar-refractivity contribution is 0.0982. The molecule has 8 nitrogen and oxygen atoms in total.